The summed E-state index contributed by atoms with van der Waals surface area (Å²) in [4.78, 5) is 6.94. The molecule has 30 heavy (non-hydrogen) atoms. The number of nitrogens with one attached hydrogen (secondary N) is 1. The van der Waals surface area contributed by atoms with Gasteiger partial charge in [0.15, 0.2) is 5.11 Å². The summed E-state index contributed by atoms with van der Waals surface area (Å²) in [5.74, 6) is 0. The molecule has 2 aromatic heterocycles. The number of thiocarbonyl (C=S) groups is 1. The summed E-state index contributed by atoms with van der Waals surface area (Å²) in [6.45, 7) is 6.63. The minimum Gasteiger partial charge on any atom is -0.383 e. The number of methoxy groups -OCH3 is 1. The van der Waals surface area contributed by atoms with Crippen LogP contribution in [0.3, 0.4) is 0 Å². The molecule has 2 atom stereocenters. The van der Waals surface area contributed by atoms with Crippen molar-refractivity contribution in [3.63, 3.8) is 0 Å². The monoisotopic (exact) mass is 420 g/mol. The minimum atomic E-state index is -0.00112. The quantitative estimate of drug-likeness (QED) is 0.577. The Morgan fingerprint density at radius 3 is 2.57 bits per heavy atom. The SMILES string of the molecule is COCCn1c(C)cc([C@H]2[C@H](c3ccccn3)NC(=S)N2Cc2ccccc2)c1C. The van der Waals surface area contributed by atoms with Crippen LogP contribution in [0, 0.1) is 13.8 Å². The molecule has 1 N–H and O–H groups in total. The van der Waals surface area contributed by atoms with Gasteiger partial charge in [-0.05, 0) is 55.4 Å². The molecule has 1 aliphatic heterocycles. The van der Waals surface area contributed by atoms with Crippen molar-refractivity contribution in [1.29, 1.82) is 0 Å². The van der Waals surface area contributed by atoms with Gasteiger partial charge in [-0.25, -0.2) is 0 Å². The van der Waals surface area contributed by atoms with Gasteiger partial charge in [-0.1, -0.05) is 36.4 Å². The molecule has 0 saturated carbocycles. The number of aryl methyl sites for hydroxylation is 1. The van der Waals surface area contributed by atoms with Gasteiger partial charge in [-0.2, -0.15) is 0 Å². The fraction of sp³-hybridized carbons (Fsp3) is 0.333. The molecule has 6 heteroatoms. The third kappa shape index (κ3) is 3.98. The number of aromatic nitrogens is 2. The summed E-state index contributed by atoms with van der Waals surface area (Å²) in [7, 11) is 1.74. The second kappa shape index (κ2) is 8.98. The number of rotatable bonds is 7. The Kier molecular flexibility index (Phi) is 6.16. The van der Waals surface area contributed by atoms with Crippen molar-refractivity contribution in [2.45, 2.75) is 39.0 Å². The molecule has 1 saturated heterocycles. The molecule has 0 amide bonds. The molecule has 3 aromatic rings. The average Bonchev–Trinajstić information content (AvgIpc) is 3.23. The second-order valence-corrected chi connectivity index (χ2v) is 8.10. The van der Waals surface area contributed by atoms with E-state index in [0.29, 0.717) is 6.61 Å². The van der Waals surface area contributed by atoms with E-state index in [1.165, 1.54) is 22.5 Å². The number of ether oxygens (including phenoxy) is 1. The summed E-state index contributed by atoms with van der Waals surface area (Å²) in [6, 6.07) is 18.9. The highest BCUT2D eigenvalue weighted by molar-refractivity contribution is 7.80. The van der Waals surface area contributed by atoms with Crippen LogP contribution in [0.2, 0.25) is 0 Å². The zero-order chi connectivity index (χ0) is 21.1. The van der Waals surface area contributed by atoms with Crippen molar-refractivity contribution in [2.24, 2.45) is 0 Å². The lowest BCUT2D eigenvalue weighted by atomic mass is 9.96. The lowest BCUT2D eigenvalue weighted by Gasteiger charge is -2.28. The largest absolute Gasteiger partial charge is 0.383 e. The third-order valence-electron chi connectivity index (χ3n) is 5.84. The topological polar surface area (TPSA) is 42.3 Å². The zero-order valence-electron chi connectivity index (χ0n) is 17.7. The highest BCUT2D eigenvalue weighted by atomic mass is 32.1. The van der Waals surface area contributed by atoms with Gasteiger partial charge in [0.1, 0.15) is 0 Å². The molecular weight excluding hydrogens is 392 g/mol. The first-order chi connectivity index (χ1) is 14.6. The first-order valence-corrected chi connectivity index (χ1v) is 10.7. The lowest BCUT2D eigenvalue weighted by molar-refractivity contribution is 0.186. The Morgan fingerprint density at radius 2 is 1.87 bits per heavy atom. The molecule has 1 fully saturated rings. The van der Waals surface area contributed by atoms with Crippen LogP contribution in [0.5, 0.6) is 0 Å². The first kappa shape index (κ1) is 20.6. The predicted octanol–water partition coefficient (Wildman–Crippen LogP) is 4.32. The third-order valence-corrected chi connectivity index (χ3v) is 6.20. The number of pyridine rings is 1. The summed E-state index contributed by atoms with van der Waals surface area (Å²) in [5.41, 5.74) is 6.00. The van der Waals surface area contributed by atoms with Crippen LogP contribution in [-0.2, 0) is 17.8 Å². The lowest BCUT2D eigenvalue weighted by Crippen LogP contribution is -2.29. The smallest absolute Gasteiger partial charge is 0.170 e. The van der Waals surface area contributed by atoms with Gasteiger partial charge in [-0.3, -0.25) is 4.98 Å². The standard InChI is InChI=1S/C24H28N4OS/c1-17-15-20(18(2)27(17)13-14-29-3)23-22(21-11-7-8-12-25-21)26-24(30)28(23)16-19-9-5-4-6-10-19/h4-12,15,22-23H,13-14,16H2,1-3H3,(H,26,30)/t22-,23-/m0/s1. The average molecular weight is 421 g/mol. The molecule has 0 radical (unpaired) electrons. The van der Waals surface area contributed by atoms with Gasteiger partial charge in [0.2, 0.25) is 0 Å². The molecule has 4 rings (SSSR count). The zero-order valence-corrected chi connectivity index (χ0v) is 18.5. The molecule has 3 heterocycles. The van der Waals surface area contributed by atoms with Gasteiger partial charge in [0.05, 0.1) is 24.4 Å². The van der Waals surface area contributed by atoms with Crippen molar-refractivity contribution in [3.05, 3.63) is 89.0 Å². The van der Waals surface area contributed by atoms with Crippen LogP contribution in [0.4, 0.5) is 0 Å². The van der Waals surface area contributed by atoms with Gasteiger partial charge >= 0.3 is 0 Å². The van der Waals surface area contributed by atoms with Crippen molar-refractivity contribution in [3.8, 4) is 0 Å². The van der Waals surface area contributed by atoms with Crippen LogP contribution in [0.1, 0.15) is 40.3 Å². The minimum absolute atomic E-state index is 0.00112. The summed E-state index contributed by atoms with van der Waals surface area (Å²) in [5, 5.41) is 4.31. The summed E-state index contributed by atoms with van der Waals surface area (Å²) < 4.78 is 7.65. The maximum absolute atomic E-state index is 5.81. The highest BCUT2D eigenvalue weighted by Crippen LogP contribution is 2.41. The second-order valence-electron chi connectivity index (χ2n) is 7.71. The van der Waals surface area contributed by atoms with E-state index in [1.54, 1.807) is 7.11 Å². The van der Waals surface area contributed by atoms with E-state index in [1.807, 2.05) is 24.4 Å². The summed E-state index contributed by atoms with van der Waals surface area (Å²) in [6.07, 6.45) is 1.85. The van der Waals surface area contributed by atoms with Crippen molar-refractivity contribution < 1.29 is 4.74 Å². The molecule has 1 aliphatic rings. The van der Waals surface area contributed by atoms with Crippen LogP contribution in [0.25, 0.3) is 0 Å². The van der Waals surface area contributed by atoms with E-state index in [0.717, 1.165) is 23.9 Å². The van der Waals surface area contributed by atoms with Gasteiger partial charge in [0, 0.05) is 37.8 Å². The Bertz CT molecular complexity index is 1000. The van der Waals surface area contributed by atoms with E-state index in [9.17, 15) is 0 Å². The van der Waals surface area contributed by atoms with E-state index in [4.69, 9.17) is 17.0 Å². The molecule has 0 bridgehead atoms. The van der Waals surface area contributed by atoms with Crippen molar-refractivity contribution in [1.82, 2.24) is 19.8 Å². The maximum atomic E-state index is 5.81. The molecule has 5 nitrogen and oxygen atoms in total. The molecular formula is C24H28N4OS. The van der Waals surface area contributed by atoms with Crippen LogP contribution in [-0.4, -0.2) is 33.3 Å². The highest BCUT2D eigenvalue weighted by Gasteiger charge is 2.41. The Labute approximate surface area is 183 Å². The van der Waals surface area contributed by atoms with Crippen molar-refractivity contribution >= 4 is 17.3 Å². The maximum Gasteiger partial charge on any atom is 0.170 e. The van der Waals surface area contributed by atoms with Crippen molar-refractivity contribution in [2.75, 3.05) is 13.7 Å². The fourth-order valence-corrected chi connectivity index (χ4v) is 4.65. The fourth-order valence-electron chi connectivity index (χ4n) is 4.35. The van der Waals surface area contributed by atoms with Crippen LogP contribution in [0.15, 0.2) is 60.8 Å². The Morgan fingerprint density at radius 1 is 1.10 bits per heavy atom. The normalized spacial score (nSPS) is 18.6. The molecule has 156 valence electrons. The van der Waals surface area contributed by atoms with Crippen LogP contribution >= 0.6 is 12.2 Å². The van der Waals surface area contributed by atoms with E-state index in [-0.39, 0.29) is 12.1 Å². The Hall–Kier alpha value is -2.70. The number of benzene rings is 1. The Balaban J connectivity index is 1.76. The van der Waals surface area contributed by atoms with E-state index < -0.39 is 0 Å². The predicted molar refractivity (Wildman–Crippen MR) is 123 cm³/mol. The van der Waals surface area contributed by atoms with E-state index >= 15 is 0 Å². The molecule has 0 aliphatic carbocycles. The first-order valence-electron chi connectivity index (χ1n) is 10.3. The van der Waals surface area contributed by atoms with Crippen LogP contribution < -0.4 is 5.32 Å². The molecule has 0 unspecified atom stereocenters. The molecule has 0 spiro atoms. The van der Waals surface area contributed by atoms with Gasteiger partial charge in [0.25, 0.3) is 0 Å². The van der Waals surface area contributed by atoms with Gasteiger partial charge < -0.3 is 19.5 Å². The van der Waals surface area contributed by atoms with E-state index in [2.05, 4.69) is 70.0 Å². The number of nitrogens with zero attached hydrogens (tertiary/aromatic N) is 3. The molecule has 1 aromatic carbocycles. The number of hydrogen-bond donors (Lipinski definition) is 1. The number of hydrogen-bond acceptors (Lipinski definition) is 3. The summed E-state index contributed by atoms with van der Waals surface area (Å²) >= 11 is 5.81. The van der Waals surface area contributed by atoms with Gasteiger partial charge in [-0.15, -0.1) is 0 Å².